The van der Waals surface area contributed by atoms with Gasteiger partial charge in [-0.2, -0.15) is 0 Å². The smallest absolute Gasteiger partial charge is 0.168 e. The average molecular weight is 194 g/mol. The molecule has 3 heteroatoms. The van der Waals surface area contributed by atoms with Gasteiger partial charge in [0.25, 0.3) is 0 Å². The standard InChI is InChI=1S/C11H18N2O/c1-4-7-12-11-10(14-9(2)3)6-5-8-13-11/h5-6,8-9H,4,7H2,1-3H3,(H,12,13). The third-order valence-corrected chi connectivity index (χ3v) is 1.68. The van der Waals surface area contributed by atoms with Crippen molar-refractivity contribution in [1.82, 2.24) is 4.98 Å². The van der Waals surface area contributed by atoms with Crippen molar-refractivity contribution in [3.8, 4) is 5.75 Å². The molecular weight excluding hydrogens is 176 g/mol. The molecule has 0 spiro atoms. The molecule has 1 N–H and O–H groups in total. The molecule has 1 aromatic heterocycles. The summed E-state index contributed by atoms with van der Waals surface area (Å²) in [5.41, 5.74) is 0. The highest BCUT2D eigenvalue weighted by atomic mass is 16.5. The average Bonchev–Trinajstić information content (AvgIpc) is 2.16. The number of pyridine rings is 1. The minimum Gasteiger partial charge on any atom is -0.487 e. The highest BCUT2D eigenvalue weighted by molar-refractivity contribution is 5.49. The van der Waals surface area contributed by atoms with E-state index in [0.29, 0.717) is 0 Å². The van der Waals surface area contributed by atoms with E-state index in [9.17, 15) is 0 Å². The van der Waals surface area contributed by atoms with Crippen molar-refractivity contribution in [3.63, 3.8) is 0 Å². The van der Waals surface area contributed by atoms with E-state index in [2.05, 4.69) is 17.2 Å². The Morgan fingerprint density at radius 1 is 1.50 bits per heavy atom. The molecule has 0 bridgehead atoms. The number of nitrogens with one attached hydrogen (secondary N) is 1. The zero-order chi connectivity index (χ0) is 10.4. The van der Waals surface area contributed by atoms with Gasteiger partial charge in [0.2, 0.25) is 0 Å². The summed E-state index contributed by atoms with van der Waals surface area (Å²) in [6.45, 7) is 7.07. The maximum Gasteiger partial charge on any atom is 0.168 e. The molecule has 0 atom stereocenters. The van der Waals surface area contributed by atoms with Crippen LogP contribution in [0.15, 0.2) is 18.3 Å². The van der Waals surface area contributed by atoms with Gasteiger partial charge >= 0.3 is 0 Å². The minimum absolute atomic E-state index is 0.182. The lowest BCUT2D eigenvalue weighted by atomic mass is 10.4. The second kappa shape index (κ2) is 5.47. The fourth-order valence-corrected chi connectivity index (χ4v) is 1.12. The molecule has 1 heterocycles. The van der Waals surface area contributed by atoms with Crippen molar-refractivity contribution in [2.45, 2.75) is 33.3 Å². The van der Waals surface area contributed by atoms with Crippen LogP contribution in [-0.4, -0.2) is 17.6 Å². The molecule has 0 fully saturated rings. The Morgan fingerprint density at radius 3 is 2.93 bits per heavy atom. The van der Waals surface area contributed by atoms with Crippen molar-refractivity contribution in [1.29, 1.82) is 0 Å². The maximum absolute atomic E-state index is 5.62. The van der Waals surface area contributed by atoms with Crippen molar-refractivity contribution in [2.24, 2.45) is 0 Å². The van der Waals surface area contributed by atoms with E-state index in [1.54, 1.807) is 6.20 Å². The number of hydrogen-bond donors (Lipinski definition) is 1. The Balaban J connectivity index is 2.69. The number of anilines is 1. The van der Waals surface area contributed by atoms with Gasteiger partial charge in [-0.1, -0.05) is 6.92 Å². The van der Waals surface area contributed by atoms with E-state index < -0.39 is 0 Å². The van der Waals surface area contributed by atoms with Gasteiger partial charge in [0.1, 0.15) is 0 Å². The van der Waals surface area contributed by atoms with E-state index in [4.69, 9.17) is 4.74 Å². The monoisotopic (exact) mass is 194 g/mol. The summed E-state index contributed by atoms with van der Waals surface area (Å²) >= 11 is 0. The molecule has 0 amide bonds. The molecule has 0 aliphatic carbocycles. The van der Waals surface area contributed by atoms with E-state index >= 15 is 0 Å². The molecule has 0 aromatic carbocycles. The number of nitrogens with zero attached hydrogens (tertiary/aromatic N) is 1. The van der Waals surface area contributed by atoms with Crippen molar-refractivity contribution >= 4 is 5.82 Å². The third-order valence-electron chi connectivity index (χ3n) is 1.68. The zero-order valence-electron chi connectivity index (χ0n) is 9.08. The van der Waals surface area contributed by atoms with Crippen molar-refractivity contribution < 1.29 is 4.74 Å². The zero-order valence-corrected chi connectivity index (χ0v) is 9.08. The van der Waals surface area contributed by atoms with Crippen molar-refractivity contribution in [3.05, 3.63) is 18.3 Å². The Labute approximate surface area is 85.5 Å². The summed E-state index contributed by atoms with van der Waals surface area (Å²) in [4.78, 5) is 4.23. The Bertz CT molecular complexity index is 274. The second-order valence-corrected chi connectivity index (χ2v) is 3.44. The van der Waals surface area contributed by atoms with Crippen LogP contribution < -0.4 is 10.1 Å². The Morgan fingerprint density at radius 2 is 2.29 bits per heavy atom. The summed E-state index contributed by atoms with van der Waals surface area (Å²) in [7, 11) is 0. The molecule has 3 nitrogen and oxygen atoms in total. The van der Waals surface area contributed by atoms with Gasteiger partial charge in [-0.05, 0) is 32.4 Å². The van der Waals surface area contributed by atoms with Crippen LogP contribution in [0.4, 0.5) is 5.82 Å². The fraction of sp³-hybridized carbons (Fsp3) is 0.545. The number of ether oxygens (including phenoxy) is 1. The lowest BCUT2D eigenvalue weighted by Crippen LogP contribution is -2.10. The summed E-state index contributed by atoms with van der Waals surface area (Å²) in [6.07, 6.45) is 3.03. The Kier molecular flexibility index (Phi) is 4.23. The lowest BCUT2D eigenvalue weighted by Gasteiger charge is -2.13. The molecule has 0 saturated heterocycles. The van der Waals surface area contributed by atoms with Gasteiger partial charge in [-0.25, -0.2) is 4.98 Å². The Hall–Kier alpha value is -1.25. The van der Waals surface area contributed by atoms with Crippen LogP contribution in [0.1, 0.15) is 27.2 Å². The van der Waals surface area contributed by atoms with Crippen LogP contribution in [0.2, 0.25) is 0 Å². The molecule has 1 rings (SSSR count). The quantitative estimate of drug-likeness (QED) is 0.782. The number of rotatable bonds is 5. The summed E-state index contributed by atoms with van der Waals surface area (Å²) < 4.78 is 5.62. The molecule has 14 heavy (non-hydrogen) atoms. The van der Waals surface area contributed by atoms with E-state index in [1.807, 2.05) is 26.0 Å². The normalized spacial score (nSPS) is 10.3. The van der Waals surface area contributed by atoms with Crippen LogP contribution in [0.3, 0.4) is 0 Å². The molecular formula is C11H18N2O. The van der Waals surface area contributed by atoms with Crippen LogP contribution in [0.5, 0.6) is 5.75 Å². The van der Waals surface area contributed by atoms with Gasteiger partial charge in [-0.15, -0.1) is 0 Å². The minimum atomic E-state index is 0.182. The summed E-state index contributed by atoms with van der Waals surface area (Å²) in [5.74, 6) is 1.67. The molecule has 1 aromatic rings. The lowest BCUT2D eigenvalue weighted by molar-refractivity contribution is 0.243. The van der Waals surface area contributed by atoms with Crippen LogP contribution in [0.25, 0.3) is 0 Å². The molecule has 0 aliphatic heterocycles. The predicted molar refractivity (Wildman–Crippen MR) is 58.8 cm³/mol. The third kappa shape index (κ3) is 3.24. The van der Waals surface area contributed by atoms with Gasteiger partial charge in [-0.3, -0.25) is 0 Å². The molecule has 78 valence electrons. The van der Waals surface area contributed by atoms with Crippen LogP contribution >= 0.6 is 0 Å². The van der Waals surface area contributed by atoms with Crippen molar-refractivity contribution in [2.75, 3.05) is 11.9 Å². The first-order chi connectivity index (χ1) is 6.74. The second-order valence-electron chi connectivity index (χ2n) is 3.44. The number of hydrogen-bond acceptors (Lipinski definition) is 3. The van der Waals surface area contributed by atoms with Gasteiger partial charge < -0.3 is 10.1 Å². The first-order valence-electron chi connectivity index (χ1n) is 5.09. The van der Waals surface area contributed by atoms with Crippen LogP contribution in [-0.2, 0) is 0 Å². The molecule has 0 aliphatic rings. The predicted octanol–water partition coefficient (Wildman–Crippen LogP) is 2.69. The SMILES string of the molecule is CCCNc1ncccc1OC(C)C. The largest absolute Gasteiger partial charge is 0.487 e. The summed E-state index contributed by atoms with van der Waals surface area (Å²) in [5, 5.41) is 3.23. The maximum atomic E-state index is 5.62. The van der Waals surface area contributed by atoms with Gasteiger partial charge in [0.15, 0.2) is 11.6 Å². The highest BCUT2D eigenvalue weighted by Gasteiger charge is 2.04. The van der Waals surface area contributed by atoms with E-state index in [0.717, 1.165) is 24.5 Å². The molecule has 0 unspecified atom stereocenters. The highest BCUT2D eigenvalue weighted by Crippen LogP contribution is 2.21. The summed E-state index contributed by atoms with van der Waals surface area (Å²) in [6, 6.07) is 3.82. The molecule has 0 radical (unpaired) electrons. The van der Waals surface area contributed by atoms with Crippen LogP contribution in [0, 0.1) is 0 Å². The van der Waals surface area contributed by atoms with Gasteiger partial charge in [0, 0.05) is 12.7 Å². The number of aromatic nitrogens is 1. The fourth-order valence-electron chi connectivity index (χ4n) is 1.12. The van der Waals surface area contributed by atoms with Gasteiger partial charge in [0.05, 0.1) is 6.10 Å². The van der Waals surface area contributed by atoms with E-state index in [-0.39, 0.29) is 6.10 Å². The molecule has 0 saturated carbocycles. The van der Waals surface area contributed by atoms with E-state index in [1.165, 1.54) is 0 Å². The topological polar surface area (TPSA) is 34.2 Å². The first-order valence-corrected chi connectivity index (χ1v) is 5.09. The first kappa shape index (κ1) is 10.8.